The molecule has 0 N–H and O–H groups in total. The molecule has 2 aromatic carbocycles. The molecule has 0 aliphatic carbocycles. The summed E-state index contributed by atoms with van der Waals surface area (Å²) in [7, 11) is 0. The van der Waals surface area contributed by atoms with E-state index in [-0.39, 0.29) is 11.8 Å². The molecular weight excluding hydrogens is 342 g/mol. The largest absolute Gasteiger partial charge is 0.342 e. The number of piperazine rings is 1. The van der Waals surface area contributed by atoms with E-state index in [2.05, 4.69) is 0 Å². The smallest absolute Gasteiger partial charge is 0.258 e. The Kier molecular flexibility index (Phi) is 5.86. The van der Waals surface area contributed by atoms with Gasteiger partial charge in [0.1, 0.15) is 0 Å². The van der Waals surface area contributed by atoms with Crippen LogP contribution in [0, 0.1) is 0 Å². The maximum atomic E-state index is 13.0. The third-order valence-electron chi connectivity index (χ3n) is 4.74. The molecular formula is C21H23N3O3. The van der Waals surface area contributed by atoms with Crippen molar-refractivity contribution in [2.75, 3.05) is 37.6 Å². The highest BCUT2D eigenvalue weighted by atomic mass is 16.2. The van der Waals surface area contributed by atoms with E-state index in [9.17, 15) is 14.4 Å². The van der Waals surface area contributed by atoms with Crippen LogP contribution in [-0.4, -0.2) is 60.7 Å². The number of benzene rings is 2. The van der Waals surface area contributed by atoms with Crippen molar-refractivity contribution in [1.82, 2.24) is 9.80 Å². The third kappa shape index (κ3) is 4.16. The zero-order valence-corrected chi connectivity index (χ0v) is 15.4. The number of carbonyl (C=O) groups is 3. The Bertz CT molecular complexity index is 814. The number of amides is 3. The van der Waals surface area contributed by atoms with Crippen molar-refractivity contribution in [3.05, 3.63) is 65.7 Å². The number of hydrogen-bond acceptors (Lipinski definition) is 3. The molecule has 0 atom stereocenters. The van der Waals surface area contributed by atoms with Gasteiger partial charge in [-0.25, -0.2) is 0 Å². The molecule has 1 aliphatic heterocycles. The van der Waals surface area contributed by atoms with Gasteiger partial charge in [0, 0.05) is 49.5 Å². The fourth-order valence-electron chi connectivity index (χ4n) is 3.21. The van der Waals surface area contributed by atoms with Crippen LogP contribution < -0.4 is 4.90 Å². The minimum atomic E-state index is -0.135. The van der Waals surface area contributed by atoms with Gasteiger partial charge in [-0.05, 0) is 37.3 Å². The summed E-state index contributed by atoms with van der Waals surface area (Å²) in [6, 6.07) is 16.3. The summed E-state index contributed by atoms with van der Waals surface area (Å²) in [5, 5.41) is 0. The Hall–Kier alpha value is -3.15. The van der Waals surface area contributed by atoms with Crippen LogP contribution in [-0.2, 0) is 4.79 Å². The number of anilines is 1. The second-order valence-corrected chi connectivity index (χ2v) is 6.40. The maximum Gasteiger partial charge on any atom is 0.258 e. The van der Waals surface area contributed by atoms with Crippen LogP contribution >= 0.6 is 0 Å². The first-order chi connectivity index (χ1) is 13.1. The van der Waals surface area contributed by atoms with Gasteiger partial charge in [-0.3, -0.25) is 14.4 Å². The number of carbonyl (C=O) groups excluding carboxylic acids is 3. The molecule has 27 heavy (non-hydrogen) atoms. The molecule has 2 aromatic rings. The Morgan fingerprint density at radius 2 is 1.63 bits per heavy atom. The quantitative estimate of drug-likeness (QED) is 0.764. The summed E-state index contributed by atoms with van der Waals surface area (Å²) in [6.45, 7) is 4.53. The first-order valence-electron chi connectivity index (χ1n) is 9.09. The average Bonchev–Trinajstić information content (AvgIpc) is 2.74. The van der Waals surface area contributed by atoms with E-state index in [1.54, 1.807) is 39.0 Å². The SMILES string of the molecule is CCN(C(=O)c1cccc(C(=O)N2CCN(C=O)CC2)c1)c1ccccc1. The summed E-state index contributed by atoms with van der Waals surface area (Å²) in [6.07, 6.45) is 0.810. The molecule has 0 aromatic heterocycles. The van der Waals surface area contributed by atoms with Crippen molar-refractivity contribution in [3.63, 3.8) is 0 Å². The van der Waals surface area contributed by atoms with Crippen molar-refractivity contribution in [1.29, 1.82) is 0 Å². The Labute approximate surface area is 159 Å². The van der Waals surface area contributed by atoms with Gasteiger partial charge in [0.2, 0.25) is 6.41 Å². The lowest BCUT2D eigenvalue weighted by Crippen LogP contribution is -2.48. The summed E-state index contributed by atoms with van der Waals surface area (Å²) < 4.78 is 0. The molecule has 1 aliphatic rings. The van der Waals surface area contributed by atoms with Crippen LogP contribution in [0.5, 0.6) is 0 Å². The van der Waals surface area contributed by atoms with Crippen molar-refractivity contribution in [2.24, 2.45) is 0 Å². The Morgan fingerprint density at radius 1 is 0.963 bits per heavy atom. The fraction of sp³-hybridized carbons (Fsp3) is 0.286. The summed E-state index contributed by atoms with van der Waals surface area (Å²) in [5.74, 6) is -0.248. The van der Waals surface area contributed by atoms with Gasteiger partial charge in [0.25, 0.3) is 11.8 Å². The van der Waals surface area contributed by atoms with Crippen LogP contribution in [0.15, 0.2) is 54.6 Å². The number of rotatable bonds is 5. The highest BCUT2D eigenvalue weighted by Gasteiger charge is 2.23. The maximum absolute atomic E-state index is 13.0. The molecule has 1 fully saturated rings. The molecule has 140 valence electrons. The zero-order valence-electron chi connectivity index (χ0n) is 15.4. The van der Waals surface area contributed by atoms with Crippen molar-refractivity contribution < 1.29 is 14.4 Å². The minimum Gasteiger partial charge on any atom is -0.342 e. The molecule has 0 radical (unpaired) electrons. The number of hydrogen-bond donors (Lipinski definition) is 0. The van der Waals surface area contributed by atoms with E-state index in [4.69, 9.17) is 0 Å². The molecule has 0 bridgehead atoms. The van der Waals surface area contributed by atoms with Gasteiger partial charge in [0.05, 0.1) is 0 Å². The number of nitrogens with zero attached hydrogens (tertiary/aromatic N) is 3. The van der Waals surface area contributed by atoms with E-state index in [0.717, 1.165) is 12.1 Å². The normalized spacial score (nSPS) is 14.0. The van der Waals surface area contributed by atoms with Gasteiger partial charge in [0.15, 0.2) is 0 Å². The van der Waals surface area contributed by atoms with Crippen molar-refractivity contribution in [3.8, 4) is 0 Å². The molecule has 1 heterocycles. The lowest BCUT2D eigenvalue weighted by atomic mass is 10.1. The first-order valence-corrected chi connectivity index (χ1v) is 9.09. The van der Waals surface area contributed by atoms with E-state index in [1.165, 1.54) is 0 Å². The van der Waals surface area contributed by atoms with E-state index in [0.29, 0.717) is 43.9 Å². The molecule has 1 saturated heterocycles. The van der Waals surface area contributed by atoms with Gasteiger partial charge in [-0.1, -0.05) is 24.3 Å². The zero-order chi connectivity index (χ0) is 19.2. The van der Waals surface area contributed by atoms with Gasteiger partial charge >= 0.3 is 0 Å². The van der Waals surface area contributed by atoms with Crippen LogP contribution in [0.3, 0.4) is 0 Å². The second-order valence-electron chi connectivity index (χ2n) is 6.40. The fourth-order valence-corrected chi connectivity index (χ4v) is 3.21. The molecule has 0 unspecified atom stereocenters. The van der Waals surface area contributed by atoms with E-state index in [1.807, 2.05) is 37.3 Å². The van der Waals surface area contributed by atoms with Crippen molar-refractivity contribution >= 4 is 23.9 Å². The lowest BCUT2D eigenvalue weighted by Gasteiger charge is -2.32. The predicted molar refractivity (Wildman–Crippen MR) is 104 cm³/mol. The van der Waals surface area contributed by atoms with Gasteiger partial charge in [-0.2, -0.15) is 0 Å². The topological polar surface area (TPSA) is 60.9 Å². The van der Waals surface area contributed by atoms with E-state index < -0.39 is 0 Å². The highest BCUT2D eigenvalue weighted by molar-refractivity contribution is 6.07. The summed E-state index contributed by atoms with van der Waals surface area (Å²) in [4.78, 5) is 41.6. The third-order valence-corrected chi connectivity index (χ3v) is 4.74. The highest BCUT2D eigenvalue weighted by Crippen LogP contribution is 2.18. The van der Waals surface area contributed by atoms with Crippen LogP contribution in [0.25, 0.3) is 0 Å². The molecule has 3 rings (SSSR count). The van der Waals surface area contributed by atoms with Crippen molar-refractivity contribution in [2.45, 2.75) is 6.92 Å². The van der Waals surface area contributed by atoms with Crippen LogP contribution in [0.2, 0.25) is 0 Å². The average molecular weight is 365 g/mol. The van der Waals surface area contributed by atoms with Gasteiger partial charge < -0.3 is 14.7 Å². The van der Waals surface area contributed by atoms with Crippen LogP contribution in [0.1, 0.15) is 27.6 Å². The minimum absolute atomic E-state index is 0.113. The van der Waals surface area contributed by atoms with Crippen LogP contribution in [0.4, 0.5) is 5.69 Å². The molecule has 0 spiro atoms. The lowest BCUT2D eigenvalue weighted by molar-refractivity contribution is -0.119. The Balaban J connectivity index is 1.77. The molecule has 0 saturated carbocycles. The molecule has 6 heteroatoms. The van der Waals surface area contributed by atoms with Gasteiger partial charge in [-0.15, -0.1) is 0 Å². The standard InChI is InChI=1S/C21H23N3O3/c1-2-24(19-9-4-3-5-10-19)21(27)18-8-6-7-17(15-18)20(26)23-13-11-22(16-25)12-14-23/h3-10,15-16H,2,11-14H2,1H3. The summed E-state index contributed by atoms with van der Waals surface area (Å²) >= 11 is 0. The molecule has 6 nitrogen and oxygen atoms in total. The van der Waals surface area contributed by atoms with E-state index >= 15 is 0 Å². The predicted octanol–water partition coefficient (Wildman–Crippen LogP) is 2.27. The first kappa shape index (κ1) is 18.6. The second kappa shape index (κ2) is 8.49. The monoisotopic (exact) mass is 365 g/mol. The number of para-hydroxylation sites is 1. The Morgan fingerprint density at radius 3 is 2.26 bits per heavy atom. The summed E-state index contributed by atoms with van der Waals surface area (Å²) in [5.41, 5.74) is 1.80. The molecule has 3 amide bonds.